The monoisotopic (exact) mass is 352 g/mol. The summed E-state index contributed by atoms with van der Waals surface area (Å²) in [7, 11) is 1.37. The molecule has 6 nitrogen and oxygen atoms in total. The van der Waals surface area contributed by atoms with Gasteiger partial charge in [-0.3, -0.25) is 9.59 Å². The first-order chi connectivity index (χ1) is 11.7. The largest absolute Gasteiger partial charge is 0.494 e. The van der Waals surface area contributed by atoms with Crippen LogP contribution in [0, 0.1) is 0 Å². The van der Waals surface area contributed by atoms with Crippen molar-refractivity contribution in [1.82, 2.24) is 5.32 Å². The van der Waals surface area contributed by atoms with E-state index in [1.165, 1.54) is 7.11 Å². The van der Waals surface area contributed by atoms with Crippen molar-refractivity contribution in [2.45, 2.75) is 25.3 Å². The number of thioether (sulfide) groups is 1. The molecular weight excluding hydrogens is 328 g/mol. The topological polar surface area (TPSA) is 76.7 Å². The van der Waals surface area contributed by atoms with E-state index in [0.717, 1.165) is 23.7 Å². The molecule has 1 amide bonds. The fourth-order valence-corrected chi connectivity index (χ4v) is 3.28. The molecule has 1 aromatic rings. The first kappa shape index (κ1) is 18.6. The molecule has 0 bridgehead atoms. The number of ether oxygens (including phenoxy) is 2. The zero-order valence-corrected chi connectivity index (χ0v) is 14.7. The van der Waals surface area contributed by atoms with E-state index in [2.05, 4.69) is 15.4 Å². The van der Waals surface area contributed by atoms with Crippen molar-refractivity contribution in [3.63, 3.8) is 0 Å². The van der Waals surface area contributed by atoms with Gasteiger partial charge in [0.25, 0.3) is 0 Å². The molecule has 0 saturated carbocycles. The normalized spacial score (nSPS) is 17.1. The van der Waals surface area contributed by atoms with Gasteiger partial charge in [0.1, 0.15) is 5.75 Å². The number of carbonyl (C=O) groups is 2. The number of amides is 1. The zero-order chi connectivity index (χ0) is 17.2. The van der Waals surface area contributed by atoms with Gasteiger partial charge in [-0.05, 0) is 30.7 Å². The van der Waals surface area contributed by atoms with Crippen LogP contribution in [-0.4, -0.2) is 49.7 Å². The highest BCUT2D eigenvalue weighted by molar-refractivity contribution is 7.99. The maximum atomic E-state index is 12.0. The van der Waals surface area contributed by atoms with Gasteiger partial charge in [-0.15, -0.1) is 0 Å². The summed E-state index contributed by atoms with van der Waals surface area (Å²) >= 11 is 1.88. The molecule has 1 saturated heterocycles. The number of rotatable bonds is 8. The molecule has 1 heterocycles. The van der Waals surface area contributed by atoms with Crippen molar-refractivity contribution in [2.24, 2.45) is 0 Å². The van der Waals surface area contributed by atoms with Crippen LogP contribution in [0.3, 0.4) is 0 Å². The standard InChI is InChI=1S/C17H24N2O4S/c1-22-17(21)3-2-9-23-15-6-4-13(5-7-15)19-16(20)11-14-12-24-10-8-18-14/h4-7,14,18H,2-3,8-12H2,1H3,(H,19,20). The molecule has 2 rings (SSSR count). The van der Waals surface area contributed by atoms with Gasteiger partial charge in [-0.1, -0.05) is 0 Å². The highest BCUT2D eigenvalue weighted by Crippen LogP contribution is 2.17. The Hall–Kier alpha value is -1.73. The molecular formula is C17H24N2O4S. The summed E-state index contributed by atoms with van der Waals surface area (Å²) in [6.07, 6.45) is 1.44. The van der Waals surface area contributed by atoms with Gasteiger partial charge in [0.05, 0.1) is 13.7 Å². The van der Waals surface area contributed by atoms with E-state index in [1.54, 1.807) is 0 Å². The van der Waals surface area contributed by atoms with E-state index >= 15 is 0 Å². The Morgan fingerprint density at radius 2 is 2.12 bits per heavy atom. The van der Waals surface area contributed by atoms with Crippen molar-refractivity contribution in [2.75, 3.05) is 37.1 Å². The van der Waals surface area contributed by atoms with Crippen LogP contribution in [0.5, 0.6) is 5.75 Å². The Bertz CT molecular complexity index is 530. The second-order valence-corrected chi connectivity index (χ2v) is 6.68. The average Bonchev–Trinajstić information content (AvgIpc) is 2.60. The van der Waals surface area contributed by atoms with Gasteiger partial charge in [-0.2, -0.15) is 11.8 Å². The van der Waals surface area contributed by atoms with Crippen LogP contribution in [0.2, 0.25) is 0 Å². The van der Waals surface area contributed by atoms with Gasteiger partial charge < -0.3 is 20.1 Å². The number of hydrogen-bond donors (Lipinski definition) is 2. The lowest BCUT2D eigenvalue weighted by Crippen LogP contribution is -2.39. The van der Waals surface area contributed by atoms with Crippen LogP contribution in [0.4, 0.5) is 5.69 Å². The predicted octanol–water partition coefficient (Wildman–Crippen LogP) is 2.05. The molecule has 1 unspecified atom stereocenters. The molecule has 24 heavy (non-hydrogen) atoms. The molecule has 0 radical (unpaired) electrons. The lowest BCUT2D eigenvalue weighted by atomic mass is 10.2. The van der Waals surface area contributed by atoms with Crippen molar-refractivity contribution in [1.29, 1.82) is 0 Å². The molecule has 0 spiro atoms. The Morgan fingerprint density at radius 1 is 1.33 bits per heavy atom. The Labute approximate surface area is 146 Å². The Morgan fingerprint density at radius 3 is 2.79 bits per heavy atom. The number of nitrogens with one attached hydrogen (secondary N) is 2. The second kappa shape index (κ2) is 10.2. The zero-order valence-electron chi connectivity index (χ0n) is 13.9. The Kier molecular flexibility index (Phi) is 7.91. The third-order valence-corrected chi connectivity index (χ3v) is 4.72. The molecule has 7 heteroatoms. The average molecular weight is 352 g/mol. The first-order valence-corrected chi connectivity index (χ1v) is 9.23. The number of benzene rings is 1. The minimum absolute atomic E-state index is 0.0155. The highest BCUT2D eigenvalue weighted by atomic mass is 32.2. The minimum Gasteiger partial charge on any atom is -0.494 e. The summed E-state index contributed by atoms with van der Waals surface area (Å²) in [4.78, 5) is 23.0. The summed E-state index contributed by atoms with van der Waals surface area (Å²) in [6.45, 7) is 1.41. The molecule has 2 N–H and O–H groups in total. The summed E-state index contributed by atoms with van der Waals surface area (Å²) < 4.78 is 10.1. The molecule has 1 aliphatic heterocycles. The minimum atomic E-state index is -0.234. The van der Waals surface area contributed by atoms with Crippen LogP contribution in [0.1, 0.15) is 19.3 Å². The fraction of sp³-hybridized carbons (Fsp3) is 0.529. The highest BCUT2D eigenvalue weighted by Gasteiger charge is 2.16. The smallest absolute Gasteiger partial charge is 0.305 e. The quantitative estimate of drug-likeness (QED) is 0.551. The van der Waals surface area contributed by atoms with E-state index in [-0.39, 0.29) is 17.9 Å². The molecule has 0 aromatic heterocycles. The first-order valence-electron chi connectivity index (χ1n) is 8.08. The third kappa shape index (κ3) is 6.80. The SMILES string of the molecule is COC(=O)CCCOc1ccc(NC(=O)CC2CSCCN2)cc1. The van der Waals surface area contributed by atoms with Crippen LogP contribution in [-0.2, 0) is 14.3 Å². The Balaban J connectivity index is 1.69. The summed E-state index contributed by atoms with van der Waals surface area (Å²) in [6, 6.07) is 7.50. The van der Waals surface area contributed by atoms with Crippen LogP contribution >= 0.6 is 11.8 Å². The molecule has 0 aliphatic carbocycles. The number of hydrogen-bond acceptors (Lipinski definition) is 6. The molecule has 1 aromatic carbocycles. The number of anilines is 1. The second-order valence-electron chi connectivity index (χ2n) is 5.53. The van der Waals surface area contributed by atoms with Crippen LogP contribution in [0.25, 0.3) is 0 Å². The summed E-state index contributed by atoms with van der Waals surface area (Å²) in [5.74, 6) is 2.58. The van der Waals surface area contributed by atoms with E-state index in [1.807, 2.05) is 36.0 Å². The summed E-state index contributed by atoms with van der Waals surface area (Å²) in [5.41, 5.74) is 0.755. The van der Waals surface area contributed by atoms with E-state index in [4.69, 9.17) is 4.74 Å². The predicted molar refractivity (Wildman–Crippen MR) is 95.5 cm³/mol. The lowest BCUT2D eigenvalue weighted by molar-refractivity contribution is -0.140. The van der Waals surface area contributed by atoms with Crippen molar-refractivity contribution >= 4 is 29.3 Å². The number of methoxy groups -OCH3 is 1. The third-order valence-electron chi connectivity index (χ3n) is 3.59. The van der Waals surface area contributed by atoms with Crippen LogP contribution in [0.15, 0.2) is 24.3 Å². The van der Waals surface area contributed by atoms with E-state index < -0.39 is 0 Å². The van der Waals surface area contributed by atoms with Crippen LogP contribution < -0.4 is 15.4 Å². The van der Waals surface area contributed by atoms with E-state index in [9.17, 15) is 9.59 Å². The van der Waals surface area contributed by atoms with Crippen molar-refractivity contribution in [3.05, 3.63) is 24.3 Å². The van der Waals surface area contributed by atoms with Crippen molar-refractivity contribution < 1.29 is 19.1 Å². The molecule has 1 atom stereocenters. The number of esters is 1. The van der Waals surface area contributed by atoms with Gasteiger partial charge >= 0.3 is 5.97 Å². The van der Waals surface area contributed by atoms with Gasteiger partial charge in [0.2, 0.25) is 5.91 Å². The van der Waals surface area contributed by atoms with Gasteiger partial charge in [-0.25, -0.2) is 0 Å². The van der Waals surface area contributed by atoms with Crippen molar-refractivity contribution in [3.8, 4) is 5.75 Å². The lowest BCUT2D eigenvalue weighted by Gasteiger charge is -2.22. The number of carbonyl (C=O) groups excluding carboxylic acids is 2. The van der Waals surface area contributed by atoms with Gasteiger partial charge in [0, 0.05) is 42.6 Å². The molecule has 1 aliphatic rings. The molecule has 1 fully saturated rings. The van der Waals surface area contributed by atoms with Gasteiger partial charge in [0.15, 0.2) is 0 Å². The maximum absolute atomic E-state index is 12.0. The maximum Gasteiger partial charge on any atom is 0.305 e. The summed E-state index contributed by atoms with van der Waals surface area (Å²) in [5, 5.41) is 6.25. The fourth-order valence-electron chi connectivity index (χ4n) is 2.33. The van der Waals surface area contributed by atoms with E-state index in [0.29, 0.717) is 31.6 Å². The molecule has 132 valence electrons.